The van der Waals surface area contributed by atoms with Crippen LogP contribution in [0, 0.1) is 16.7 Å². The smallest absolute Gasteiger partial charge is 0.246 e. The summed E-state index contributed by atoms with van der Waals surface area (Å²) < 4.78 is 12.4. The predicted octanol–water partition coefficient (Wildman–Crippen LogP) is 5.04. The van der Waals surface area contributed by atoms with Crippen molar-refractivity contribution in [2.75, 3.05) is 58.6 Å². The Morgan fingerprint density at radius 3 is 1.75 bits per heavy atom. The highest BCUT2D eigenvalue weighted by molar-refractivity contribution is 8.00. The number of hydrogen-bond donors (Lipinski definition) is 6. The minimum atomic E-state index is -0.698. The summed E-state index contributed by atoms with van der Waals surface area (Å²) in [6.07, 6.45) is 8.51. The minimum absolute atomic E-state index is 0.0264. The number of nitrogens with two attached hydrogens (primary N) is 1. The van der Waals surface area contributed by atoms with Gasteiger partial charge in [0.15, 0.2) is 0 Å². The zero-order valence-corrected chi connectivity index (χ0v) is 44.4. The van der Waals surface area contributed by atoms with Gasteiger partial charge < -0.3 is 51.6 Å². The summed E-state index contributed by atoms with van der Waals surface area (Å²) in [5, 5.41) is 15.0. The average molecular weight is 1020 g/mol. The fraction of sp³-hybridized carbons (Fsp3) is 0.660. The molecular formula is C53H80N8O8S2. The standard InChI is InChI=1S/C53H80N8O8S2/c1-52(2)29-44-60(43(63)28-35(34-71-44)27-39(56-6)48(54)64)46(52)49(65)58-40(36-19-13-11-14-20-36)32-68-24-17-9-7-8-10-18-25-69-33-41(37-21-15-12-16-22-37)59-50(66)47-53(3,4)30-45-61(47)51(67)38(23-26-70-45)57-42(62)31-55-5/h11-16,19-22,35,38-41,44-47,55-56H,7-10,17-18,23-34H2,1-6H3,(H2,54,64)(H,57,62)(H,58,65)(H,59,66)/t35?,38-,39-,40+,41+,44-,45-,46+,47+/m0/s1. The fourth-order valence-corrected chi connectivity index (χ4v) is 14.0. The highest BCUT2D eigenvalue weighted by atomic mass is 32.2. The second-order valence-electron chi connectivity index (χ2n) is 21.1. The summed E-state index contributed by atoms with van der Waals surface area (Å²) >= 11 is 3.37. The molecule has 4 aliphatic heterocycles. The number of carbonyl (C=O) groups excluding carboxylic acids is 6. The summed E-state index contributed by atoms with van der Waals surface area (Å²) in [6.45, 7) is 10.0. The van der Waals surface area contributed by atoms with Crippen molar-refractivity contribution < 1.29 is 38.2 Å². The van der Waals surface area contributed by atoms with Crippen molar-refractivity contribution in [1.82, 2.24) is 36.4 Å². The number of thioether (sulfide) groups is 2. The first-order chi connectivity index (χ1) is 34.0. The van der Waals surface area contributed by atoms with Crippen LogP contribution >= 0.6 is 23.5 Å². The zero-order chi connectivity index (χ0) is 51.1. The van der Waals surface area contributed by atoms with E-state index in [0.29, 0.717) is 63.6 Å². The molecule has 16 nitrogen and oxygen atoms in total. The summed E-state index contributed by atoms with van der Waals surface area (Å²) in [4.78, 5) is 84.4. The van der Waals surface area contributed by atoms with Crippen molar-refractivity contribution in [3.63, 3.8) is 0 Å². The van der Waals surface area contributed by atoms with Crippen LogP contribution in [-0.4, -0.2) is 139 Å². The number of likely N-dealkylation sites (N-methyl/N-ethyl adjacent to an activating group) is 2. The van der Waals surface area contributed by atoms with Crippen LogP contribution in [0.5, 0.6) is 0 Å². The molecule has 0 bridgehead atoms. The molecule has 1 unspecified atom stereocenters. The van der Waals surface area contributed by atoms with Crippen molar-refractivity contribution in [3.8, 4) is 0 Å². The van der Waals surface area contributed by atoms with Crippen LogP contribution < -0.4 is 32.3 Å². The largest absolute Gasteiger partial charge is 0.379 e. The third kappa shape index (κ3) is 15.2. The molecule has 2 aromatic rings. The van der Waals surface area contributed by atoms with Crippen molar-refractivity contribution in [3.05, 3.63) is 71.8 Å². The van der Waals surface area contributed by atoms with Crippen LogP contribution in [0.2, 0.25) is 0 Å². The Morgan fingerprint density at radius 1 is 0.732 bits per heavy atom. The van der Waals surface area contributed by atoms with Gasteiger partial charge in [0.25, 0.3) is 0 Å². The quantitative estimate of drug-likeness (QED) is 0.0685. The molecule has 0 radical (unpaired) electrons. The first kappa shape index (κ1) is 56.1. The van der Waals surface area contributed by atoms with Gasteiger partial charge in [-0.1, -0.05) is 114 Å². The number of ether oxygens (including phenoxy) is 2. The van der Waals surface area contributed by atoms with E-state index < -0.39 is 46.9 Å². The number of hydrogen-bond acceptors (Lipinski definition) is 12. The highest BCUT2D eigenvalue weighted by Gasteiger charge is 2.55. The van der Waals surface area contributed by atoms with Crippen LogP contribution in [0.15, 0.2) is 60.7 Å². The number of benzene rings is 2. The number of nitrogens with zero attached hydrogens (tertiary/aromatic N) is 2. The molecule has 392 valence electrons. The Morgan fingerprint density at radius 2 is 1.24 bits per heavy atom. The van der Waals surface area contributed by atoms with Crippen molar-refractivity contribution >= 4 is 59.0 Å². The van der Waals surface area contributed by atoms with Crippen molar-refractivity contribution in [1.29, 1.82) is 0 Å². The van der Waals surface area contributed by atoms with Crippen LogP contribution in [0.25, 0.3) is 0 Å². The van der Waals surface area contributed by atoms with E-state index in [1.165, 1.54) is 0 Å². The van der Waals surface area contributed by atoms with Gasteiger partial charge in [-0.25, -0.2) is 0 Å². The van der Waals surface area contributed by atoms with Gasteiger partial charge in [-0.15, -0.1) is 23.5 Å². The molecule has 0 saturated carbocycles. The van der Waals surface area contributed by atoms with Gasteiger partial charge in [-0.3, -0.25) is 28.8 Å². The zero-order valence-electron chi connectivity index (χ0n) is 42.8. The first-order valence-corrected chi connectivity index (χ1v) is 27.8. The summed E-state index contributed by atoms with van der Waals surface area (Å²) in [7, 11) is 3.39. The Bertz CT molecular complexity index is 2080. The van der Waals surface area contributed by atoms with Gasteiger partial charge in [0, 0.05) is 19.6 Å². The lowest BCUT2D eigenvalue weighted by Crippen LogP contribution is -2.57. The Labute approximate surface area is 429 Å². The van der Waals surface area contributed by atoms with Gasteiger partial charge in [0.1, 0.15) is 18.1 Å². The van der Waals surface area contributed by atoms with E-state index in [1.54, 1.807) is 47.4 Å². The fourth-order valence-electron chi connectivity index (χ4n) is 10.7. The lowest BCUT2D eigenvalue weighted by Gasteiger charge is -2.35. The Balaban J connectivity index is 0.925. The van der Waals surface area contributed by atoms with Crippen LogP contribution in [0.1, 0.15) is 122 Å². The number of rotatable bonds is 26. The number of amides is 6. The first-order valence-electron chi connectivity index (χ1n) is 25.7. The average Bonchev–Trinajstić information content (AvgIpc) is 3.66. The van der Waals surface area contributed by atoms with Gasteiger partial charge in [-0.05, 0) is 92.0 Å². The molecule has 0 aromatic heterocycles. The number of carbonyl (C=O) groups is 6. The molecule has 4 aliphatic rings. The maximum absolute atomic E-state index is 14.3. The monoisotopic (exact) mass is 1020 g/mol. The summed E-state index contributed by atoms with van der Waals surface area (Å²) in [6, 6.07) is 16.3. The third-order valence-electron chi connectivity index (χ3n) is 14.5. The van der Waals surface area contributed by atoms with E-state index in [0.717, 1.165) is 49.7 Å². The molecule has 6 amide bonds. The highest BCUT2D eigenvalue weighted by Crippen LogP contribution is 2.48. The Hall–Kier alpha value is -4.20. The second-order valence-corrected chi connectivity index (χ2v) is 23.6. The summed E-state index contributed by atoms with van der Waals surface area (Å²) in [5.74, 6) is 0.0473. The molecule has 4 saturated heterocycles. The maximum Gasteiger partial charge on any atom is 0.246 e. The minimum Gasteiger partial charge on any atom is -0.379 e. The topological polar surface area (TPSA) is 214 Å². The molecule has 0 spiro atoms. The molecule has 6 rings (SSSR count). The molecule has 71 heavy (non-hydrogen) atoms. The number of nitrogens with one attached hydrogen (secondary N) is 5. The lowest BCUT2D eigenvalue weighted by molar-refractivity contribution is -0.144. The maximum atomic E-state index is 14.3. The molecule has 9 atom stereocenters. The predicted molar refractivity (Wildman–Crippen MR) is 280 cm³/mol. The number of fused-ring (bicyclic) bond motifs is 2. The normalized spacial score (nSPS) is 25.0. The van der Waals surface area contributed by atoms with Gasteiger partial charge >= 0.3 is 0 Å². The molecule has 18 heteroatoms. The van der Waals surface area contributed by atoms with Gasteiger partial charge in [-0.2, -0.15) is 0 Å². The Kier molecular flexibility index (Phi) is 21.1. The number of unbranched alkanes of at least 4 members (excludes halogenated alkanes) is 5. The second kappa shape index (κ2) is 26.7. The lowest BCUT2D eigenvalue weighted by atomic mass is 9.83. The SMILES string of the molecule is CNCC(=O)N[C@H]1CCS[C@H]2CC(C)(C)[C@@H](C(=O)N[C@H](COCCCCCCCCOC[C@@H](NC(=O)[C@H]3N4C(=O)CC(C[C@H](NC)C(N)=O)CS[C@H]4CC3(C)C)c3ccccc3)c3ccccc3)N2C1=O. The molecule has 2 aromatic carbocycles. The van der Waals surface area contributed by atoms with Crippen LogP contribution in [0.4, 0.5) is 0 Å². The molecule has 4 fully saturated rings. The molecule has 0 aliphatic carbocycles. The van der Waals surface area contributed by atoms with E-state index >= 15 is 0 Å². The van der Waals surface area contributed by atoms with Crippen molar-refractivity contribution in [2.24, 2.45) is 22.5 Å². The van der Waals surface area contributed by atoms with Crippen molar-refractivity contribution in [2.45, 2.75) is 145 Å². The molecule has 4 heterocycles. The molecular weight excluding hydrogens is 941 g/mol. The van der Waals surface area contributed by atoms with Gasteiger partial charge in [0.2, 0.25) is 35.4 Å². The van der Waals surface area contributed by atoms with E-state index in [2.05, 4.69) is 40.4 Å². The van der Waals surface area contributed by atoms with E-state index in [9.17, 15) is 28.8 Å². The van der Waals surface area contributed by atoms with Crippen LogP contribution in [0.3, 0.4) is 0 Å². The third-order valence-corrected chi connectivity index (χ3v) is 17.2. The van der Waals surface area contributed by atoms with E-state index in [4.69, 9.17) is 15.2 Å². The van der Waals surface area contributed by atoms with Crippen LogP contribution in [-0.2, 0) is 38.2 Å². The van der Waals surface area contributed by atoms with Gasteiger partial charge in [0.05, 0.1) is 48.6 Å². The summed E-state index contributed by atoms with van der Waals surface area (Å²) in [5.41, 5.74) is 6.55. The van der Waals surface area contributed by atoms with E-state index in [1.807, 2.05) is 74.5 Å². The number of primary amides is 1. The molecule has 7 N–H and O–H groups in total. The van der Waals surface area contributed by atoms with E-state index in [-0.39, 0.29) is 65.2 Å².